The largest absolute Gasteiger partial charge is 0.441 e. The van der Waals surface area contributed by atoms with Crippen LogP contribution in [0.25, 0.3) is 18.0 Å². The number of fused-ring (bicyclic) bond motifs is 2. The van der Waals surface area contributed by atoms with Crippen molar-refractivity contribution < 1.29 is 4.42 Å². The Balaban J connectivity index is 1.79. The lowest BCUT2D eigenvalue weighted by Crippen LogP contribution is -2.33. The molecule has 1 aliphatic rings. The fourth-order valence-corrected chi connectivity index (χ4v) is 4.13. The van der Waals surface area contributed by atoms with Crippen molar-refractivity contribution in [2.75, 3.05) is 0 Å². The van der Waals surface area contributed by atoms with Crippen molar-refractivity contribution in [2.24, 2.45) is 0 Å². The molecule has 1 aliphatic carbocycles. The number of aromatic amines is 1. The van der Waals surface area contributed by atoms with Crippen LogP contribution in [0.15, 0.2) is 50.7 Å². The first-order chi connectivity index (χ1) is 15.4. The molecule has 1 aromatic carbocycles. The molecule has 1 atom stereocenters. The van der Waals surface area contributed by atoms with Gasteiger partial charge in [-0.1, -0.05) is 31.2 Å². The number of hydrogen-bond donors (Lipinski definition) is 1. The van der Waals surface area contributed by atoms with E-state index in [9.17, 15) is 9.59 Å². The van der Waals surface area contributed by atoms with Crippen LogP contribution in [0, 0.1) is 6.92 Å². The van der Waals surface area contributed by atoms with E-state index in [0.29, 0.717) is 22.9 Å². The van der Waals surface area contributed by atoms with Gasteiger partial charge in [-0.05, 0) is 46.9 Å². The van der Waals surface area contributed by atoms with E-state index in [-0.39, 0.29) is 11.1 Å². The minimum atomic E-state index is -0.627. The van der Waals surface area contributed by atoms with Gasteiger partial charge in [0.1, 0.15) is 5.82 Å². The molecule has 4 aromatic rings. The van der Waals surface area contributed by atoms with Crippen LogP contribution >= 0.6 is 11.6 Å². The zero-order chi connectivity index (χ0) is 22.4. The van der Waals surface area contributed by atoms with Crippen LogP contribution in [-0.2, 0) is 6.42 Å². The maximum Gasteiger partial charge on any atom is 0.334 e. The lowest BCUT2D eigenvalue weighted by atomic mass is 9.86. The number of hydrogen-bond acceptors (Lipinski definition) is 6. The molecule has 0 amide bonds. The molecule has 5 rings (SSSR count). The van der Waals surface area contributed by atoms with Crippen LogP contribution in [0.5, 0.6) is 0 Å². The summed E-state index contributed by atoms with van der Waals surface area (Å²) in [7, 11) is 0. The summed E-state index contributed by atoms with van der Waals surface area (Å²) in [6, 6.07) is 7.66. The van der Waals surface area contributed by atoms with Gasteiger partial charge in [0, 0.05) is 24.9 Å². The number of aromatic nitrogens is 5. The number of halogens is 1. The third kappa shape index (κ3) is 3.38. The summed E-state index contributed by atoms with van der Waals surface area (Å²) in [6.07, 6.45) is 7.64. The summed E-state index contributed by atoms with van der Waals surface area (Å²) >= 11 is 5.91. The number of benzene rings is 1. The molecule has 3 aromatic heterocycles. The molecule has 0 aliphatic heterocycles. The maximum absolute atomic E-state index is 13.0. The second kappa shape index (κ2) is 7.72. The van der Waals surface area contributed by atoms with Gasteiger partial charge in [0.25, 0.3) is 5.56 Å². The highest BCUT2D eigenvalue weighted by molar-refractivity contribution is 6.28. The monoisotopic (exact) mass is 447 g/mol. The molecule has 1 unspecified atom stereocenters. The topological polar surface area (TPSA) is 107 Å². The summed E-state index contributed by atoms with van der Waals surface area (Å²) in [5.41, 5.74) is 2.84. The summed E-state index contributed by atoms with van der Waals surface area (Å²) < 4.78 is 7.05. The van der Waals surface area contributed by atoms with Crippen molar-refractivity contribution >= 4 is 23.8 Å². The molecule has 0 fully saturated rings. The van der Waals surface area contributed by atoms with E-state index in [1.807, 2.05) is 24.3 Å². The Kier molecular flexibility index (Phi) is 4.86. The highest BCUT2D eigenvalue weighted by atomic mass is 35.5. The number of nitrogens with zero attached hydrogens (tertiary/aromatic N) is 4. The van der Waals surface area contributed by atoms with Gasteiger partial charge in [-0.3, -0.25) is 14.3 Å². The van der Waals surface area contributed by atoms with Crippen LogP contribution in [0.4, 0.5) is 0 Å². The van der Waals surface area contributed by atoms with Crippen molar-refractivity contribution in [1.29, 1.82) is 0 Å². The van der Waals surface area contributed by atoms with Crippen LogP contribution in [-0.4, -0.2) is 24.5 Å². The van der Waals surface area contributed by atoms with Gasteiger partial charge in [-0.2, -0.15) is 4.98 Å². The third-order valence-electron chi connectivity index (χ3n) is 5.49. The third-order valence-corrected chi connectivity index (χ3v) is 5.67. The van der Waals surface area contributed by atoms with Crippen molar-refractivity contribution in [1.82, 2.24) is 24.5 Å². The summed E-state index contributed by atoms with van der Waals surface area (Å²) in [6.45, 7) is 3.84. The summed E-state index contributed by atoms with van der Waals surface area (Å²) in [4.78, 5) is 40.6. The molecule has 32 heavy (non-hydrogen) atoms. The Morgan fingerprint density at radius 1 is 1.16 bits per heavy atom. The van der Waals surface area contributed by atoms with Crippen LogP contribution in [0.1, 0.15) is 52.4 Å². The molecule has 0 saturated carbocycles. The normalized spacial score (nSPS) is 14.7. The fourth-order valence-electron chi connectivity index (χ4n) is 3.99. The number of aryl methyl sites for hydroxylation is 2. The highest BCUT2D eigenvalue weighted by Gasteiger charge is 2.30. The molecular weight excluding hydrogens is 430 g/mol. The first-order valence-corrected chi connectivity index (χ1v) is 10.5. The lowest BCUT2D eigenvalue weighted by Gasteiger charge is -2.18. The quantitative estimate of drug-likeness (QED) is 0.424. The van der Waals surface area contributed by atoms with Gasteiger partial charge in [-0.15, -0.1) is 0 Å². The summed E-state index contributed by atoms with van der Waals surface area (Å²) in [5, 5.41) is -0.00679. The van der Waals surface area contributed by atoms with Crippen LogP contribution < -0.4 is 11.2 Å². The van der Waals surface area contributed by atoms with Crippen LogP contribution in [0.3, 0.4) is 0 Å². The first-order valence-electron chi connectivity index (χ1n) is 10.1. The second-order valence-corrected chi connectivity index (χ2v) is 7.80. The van der Waals surface area contributed by atoms with Gasteiger partial charge in [0.2, 0.25) is 5.28 Å². The zero-order valence-corrected chi connectivity index (χ0v) is 18.1. The van der Waals surface area contributed by atoms with Gasteiger partial charge < -0.3 is 4.42 Å². The summed E-state index contributed by atoms with van der Waals surface area (Å²) in [5.74, 6) is 0.762. The Labute approximate surface area is 187 Å². The molecule has 0 saturated heterocycles. The van der Waals surface area contributed by atoms with Gasteiger partial charge >= 0.3 is 5.69 Å². The Hall–Kier alpha value is -3.78. The Bertz CT molecular complexity index is 1500. The highest BCUT2D eigenvalue weighted by Crippen LogP contribution is 2.38. The SMILES string of the molecule is CCc1ccc2c(c1)C=Cc1oc(C)nc1C2c1cn(-c2ccnc(Cl)n2)c(=O)[nH]c1=O. The maximum atomic E-state index is 13.0. The average Bonchev–Trinajstić information content (AvgIpc) is 3.07. The van der Waals surface area contributed by atoms with Crippen molar-refractivity contribution in [3.05, 3.63) is 102 Å². The van der Waals surface area contributed by atoms with E-state index in [2.05, 4.69) is 32.9 Å². The zero-order valence-electron chi connectivity index (χ0n) is 17.3. The van der Waals surface area contributed by atoms with E-state index >= 15 is 0 Å². The number of rotatable bonds is 3. The Morgan fingerprint density at radius 2 is 2.00 bits per heavy atom. The fraction of sp³-hybridized carbons (Fsp3) is 0.174. The molecule has 0 radical (unpaired) electrons. The molecule has 1 N–H and O–H groups in total. The first kappa shape index (κ1) is 20.1. The molecule has 0 bridgehead atoms. The van der Waals surface area contributed by atoms with E-state index in [1.54, 1.807) is 6.92 Å². The lowest BCUT2D eigenvalue weighted by molar-refractivity contribution is 0.512. The molecular formula is C23H18ClN5O3. The minimum absolute atomic E-state index is 0.00679. The van der Waals surface area contributed by atoms with Gasteiger partial charge in [0.15, 0.2) is 11.7 Å². The van der Waals surface area contributed by atoms with Crippen molar-refractivity contribution in [3.63, 3.8) is 0 Å². The van der Waals surface area contributed by atoms with E-state index in [4.69, 9.17) is 16.0 Å². The number of oxazole rings is 1. The average molecular weight is 448 g/mol. The van der Waals surface area contributed by atoms with E-state index in [0.717, 1.165) is 17.5 Å². The van der Waals surface area contributed by atoms with Crippen molar-refractivity contribution in [3.8, 4) is 5.82 Å². The Morgan fingerprint density at radius 3 is 2.78 bits per heavy atom. The predicted molar refractivity (Wildman–Crippen MR) is 120 cm³/mol. The van der Waals surface area contributed by atoms with E-state index < -0.39 is 17.2 Å². The molecule has 0 spiro atoms. The second-order valence-electron chi connectivity index (χ2n) is 7.46. The van der Waals surface area contributed by atoms with Crippen molar-refractivity contribution in [2.45, 2.75) is 26.2 Å². The number of nitrogens with one attached hydrogen (secondary N) is 1. The standard InChI is InChI=1S/C23H18ClN5O3/c1-3-13-4-6-15-14(10-13)5-7-17-20(26-12(2)32-17)19(15)16-11-29(23(31)28-21(16)30)18-8-9-25-22(24)27-18/h4-11,19H,3H2,1-2H3,(H,28,30,31). The predicted octanol–water partition coefficient (Wildman–Crippen LogP) is 3.49. The molecule has 8 nitrogen and oxygen atoms in total. The van der Waals surface area contributed by atoms with E-state index in [1.165, 1.54) is 28.6 Å². The number of H-pyrrole nitrogens is 1. The van der Waals surface area contributed by atoms with Gasteiger partial charge in [0.05, 0.1) is 11.6 Å². The molecule has 160 valence electrons. The minimum Gasteiger partial charge on any atom is -0.441 e. The molecule has 9 heteroatoms. The molecule has 3 heterocycles. The smallest absolute Gasteiger partial charge is 0.334 e. The van der Waals surface area contributed by atoms with Gasteiger partial charge in [-0.25, -0.2) is 14.8 Å². The van der Waals surface area contributed by atoms with Crippen LogP contribution in [0.2, 0.25) is 5.28 Å².